The Morgan fingerprint density at radius 2 is 1.74 bits per heavy atom. The van der Waals surface area contributed by atoms with E-state index in [0.717, 1.165) is 11.1 Å². The van der Waals surface area contributed by atoms with Crippen molar-refractivity contribution in [3.63, 3.8) is 0 Å². The van der Waals surface area contributed by atoms with Gasteiger partial charge in [-0.2, -0.15) is 0 Å². The number of rotatable bonds is 3. The summed E-state index contributed by atoms with van der Waals surface area (Å²) >= 11 is 19.8. The number of aromatic nitrogens is 2. The first-order valence-corrected chi connectivity index (χ1v) is 9.81. The predicted octanol–water partition coefficient (Wildman–Crippen LogP) is 6.27. The highest BCUT2D eigenvalue weighted by Gasteiger charge is 2.15. The van der Waals surface area contributed by atoms with Crippen LogP contribution in [-0.4, -0.2) is 9.55 Å². The highest BCUT2D eigenvalue weighted by atomic mass is 35.5. The number of hydrogen-bond donors (Lipinski definition) is 0. The summed E-state index contributed by atoms with van der Waals surface area (Å²) in [5.41, 5.74) is 1.84. The summed E-state index contributed by atoms with van der Waals surface area (Å²) in [6.07, 6.45) is 1.47. The summed E-state index contributed by atoms with van der Waals surface area (Å²) in [5, 5.41) is 3.51. The molecule has 0 bridgehead atoms. The molecule has 2 aromatic carbocycles. The SMILES string of the molecule is O=c1c2c(-c3ccc(F)cc3)csc2ncn1Cc1c(Cl)cc(Cl)cc1Cl. The molecule has 3 nitrogen and oxygen atoms in total. The van der Waals surface area contributed by atoms with Gasteiger partial charge in [-0.25, -0.2) is 9.37 Å². The second kappa shape index (κ2) is 7.24. The van der Waals surface area contributed by atoms with Gasteiger partial charge in [0.05, 0.1) is 18.3 Å². The Kier molecular flexibility index (Phi) is 4.95. The largest absolute Gasteiger partial charge is 0.294 e. The molecule has 136 valence electrons. The summed E-state index contributed by atoms with van der Waals surface area (Å²) in [5.74, 6) is -0.333. The lowest BCUT2D eigenvalue weighted by atomic mass is 10.1. The first-order valence-electron chi connectivity index (χ1n) is 7.80. The highest BCUT2D eigenvalue weighted by Crippen LogP contribution is 2.32. The van der Waals surface area contributed by atoms with Gasteiger partial charge in [-0.05, 0) is 29.8 Å². The van der Waals surface area contributed by atoms with E-state index in [1.165, 1.54) is 34.4 Å². The van der Waals surface area contributed by atoms with Crippen molar-refractivity contribution in [2.75, 3.05) is 0 Å². The fourth-order valence-electron chi connectivity index (χ4n) is 2.82. The van der Waals surface area contributed by atoms with Crippen LogP contribution >= 0.6 is 46.1 Å². The first kappa shape index (κ1) is 18.4. The summed E-state index contributed by atoms with van der Waals surface area (Å²) < 4.78 is 14.7. The lowest BCUT2D eigenvalue weighted by molar-refractivity contribution is 0.628. The van der Waals surface area contributed by atoms with Gasteiger partial charge in [0, 0.05) is 31.6 Å². The van der Waals surface area contributed by atoms with Crippen LogP contribution in [-0.2, 0) is 6.54 Å². The number of halogens is 4. The van der Waals surface area contributed by atoms with Crippen LogP contribution < -0.4 is 5.56 Å². The highest BCUT2D eigenvalue weighted by molar-refractivity contribution is 7.17. The number of nitrogens with zero attached hydrogens (tertiary/aromatic N) is 2. The third-order valence-corrected chi connectivity index (χ3v) is 5.93. The van der Waals surface area contributed by atoms with Crippen molar-refractivity contribution in [2.45, 2.75) is 6.54 Å². The van der Waals surface area contributed by atoms with E-state index < -0.39 is 0 Å². The Balaban J connectivity index is 1.84. The van der Waals surface area contributed by atoms with E-state index in [9.17, 15) is 9.18 Å². The van der Waals surface area contributed by atoms with Gasteiger partial charge >= 0.3 is 0 Å². The van der Waals surface area contributed by atoms with Gasteiger partial charge in [0.25, 0.3) is 5.56 Å². The maximum atomic E-state index is 13.2. The summed E-state index contributed by atoms with van der Waals surface area (Å²) in [4.78, 5) is 18.1. The predicted molar refractivity (Wildman–Crippen MR) is 110 cm³/mol. The average molecular weight is 440 g/mol. The van der Waals surface area contributed by atoms with Gasteiger partial charge in [0.15, 0.2) is 0 Å². The molecule has 0 N–H and O–H groups in total. The average Bonchev–Trinajstić information content (AvgIpc) is 3.05. The van der Waals surface area contributed by atoms with E-state index in [4.69, 9.17) is 34.8 Å². The van der Waals surface area contributed by atoms with Crippen LogP contribution in [0.15, 0.2) is 52.9 Å². The molecule has 0 unspecified atom stereocenters. The van der Waals surface area contributed by atoms with Crippen LogP contribution in [0.2, 0.25) is 15.1 Å². The fourth-order valence-corrected chi connectivity index (χ4v) is 4.66. The molecule has 2 aromatic heterocycles. The molecule has 4 rings (SSSR count). The standard InChI is InChI=1S/C19H10Cl3FN2OS/c20-11-5-15(21)13(16(22)6-11)7-25-9-24-18-17(19(25)26)14(8-27-18)10-1-3-12(23)4-2-10/h1-6,8-9H,7H2. The third kappa shape index (κ3) is 3.48. The maximum absolute atomic E-state index is 13.2. The zero-order valence-corrected chi connectivity index (χ0v) is 16.6. The van der Waals surface area contributed by atoms with Gasteiger partial charge < -0.3 is 0 Å². The third-order valence-electron chi connectivity index (χ3n) is 4.15. The number of hydrogen-bond acceptors (Lipinski definition) is 3. The summed E-state index contributed by atoms with van der Waals surface area (Å²) in [7, 11) is 0. The van der Waals surface area contributed by atoms with Crippen molar-refractivity contribution in [1.82, 2.24) is 9.55 Å². The molecule has 8 heteroatoms. The Labute approximate surface area is 172 Å². The second-order valence-electron chi connectivity index (χ2n) is 5.86. The minimum absolute atomic E-state index is 0.162. The quantitative estimate of drug-likeness (QED) is 0.377. The van der Waals surface area contributed by atoms with E-state index >= 15 is 0 Å². The van der Waals surface area contributed by atoms with Gasteiger partial charge in [0.1, 0.15) is 10.6 Å². The van der Waals surface area contributed by atoms with Crippen molar-refractivity contribution in [3.8, 4) is 11.1 Å². The second-order valence-corrected chi connectivity index (χ2v) is 7.97. The maximum Gasteiger partial charge on any atom is 0.263 e. The van der Waals surface area contributed by atoms with Crippen LogP contribution in [0.1, 0.15) is 5.56 Å². The Morgan fingerprint density at radius 1 is 1.07 bits per heavy atom. The molecule has 4 aromatic rings. The van der Waals surface area contributed by atoms with Crippen molar-refractivity contribution in [2.24, 2.45) is 0 Å². The Morgan fingerprint density at radius 3 is 2.41 bits per heavy atom. The Bertz CT molecular complexity index is 1200. The lowest BCUT2D eigenvalue weighted by Gasteiger charge is -2.10. The van der Waals surface area contributed by atoms with Crippen LogP contribution in [0.25, 0.3) is 21.3 Å². The van der Waals surface area contributed by atoms with Gasteiger partial charge in [-0.1, -0.05) is 46.9 Å². The summed E-state index contributed by atoms with van der Waals surface area (Å²) in [6, 6.07) is 9.16. The molecule has 0 aliphatic heterocycles. The van der Waals surface area contributed by atoms with Crippen molar-refractivity contribution in [3.05, 3.63) is 84.9 Å². The van der Waals surface area contributed by atoms with Gasteiger partial charge in [-0.15, -0.1) is 11.3 Å². The molecule has 0 aliphatic rings. The number of benzene rings is 2. The molecule has 0 atom stereocenters. The van der Waals surface area contributed by atoms with E-state index in [2.05, 4.69) is 4.98 Å². The van der Waals surface area contributed by atoms with E-state index in [0.29, 0.717) is 30.8 Å². The molecular weight excluding hydrogens is 430 g/mol. The normalized spacial score (nSPS) is 11.3. The van der Waals surface area contributed by atoms with Gasteiger partial charge in [-0.3, -0.25) is 9.36 Å². The molecule has 0 spiro atoms. The van der Waals surface area contributed by atoms with Crippen LogP contribution in [0.3, 0.4) is 0 Å². The van der Waals surface area contributed by atoms with Crippen LogP contribution in [0, 0.1) is 5.82 Å². The zero-order chi connectivity index (χ0) is 19.1. The van der Waals surface area contributed by atoms with Crippen molar-refractivity contribution < 1.29 is 4.39 Å². The molecular formula is C19H10Cl3FN2OS. The molecule has 0 aliphatic carbocycles. The molecule has 0 saturated carbocycles. The Hall–Kier alpha value is -1.92. The van der Waals surface area contributed by atoms with Gasteiger partial charge in [0.2, 0.25) is 0 Å². The minimum atomic E-state index is -0.333. The zero-order valence-electron chi connectivity index (χ0n) is 13.5. The van der Waals surface area contributed by atoms with Crippen LogP contribution in [0.4, 0.5) is 4.39 Å². The minimum Gasteiger partial charge on any atom is -0.294 e. The van der Waals surface area contributed by atoms with Crippen molar-refractivity contribution in [1.29, 1.82) is 0 Å². The molecule has 0 saturated heterocycles. The number of fused-ring (bicyclic) bond motifs is 1. The summed E-state index contributed by atoms with van der Waals surface area (Å²) in [6.45, 7) is 0.162. The van der Waals surface area contributed by atoms with Crippen LogP contribution in [0.5, 0.6) is 0 Å². The number of thiophene rings is 1. The molecule has 0 radical (unpaired) electrons. The van der Waals surface area contributed by atoms with E-state index in [1.54, 1.807) is 24.3 Å². The lowest BCUT2D eigenvalue weighted by Crippen LogP contribution is -2.21. The monoisotopic (exact) mass is 438 g/mol. The topological polar surface area (TPSA) is 34.9 Å². The molecule has 27 heavy (non-hydrogen) atoms. The molecule has 2 heterocycles. The molecule has 0 amide bonds. The fraction of sp³-hybridized carbons (Fsp3) is 0.0526. The van der Waals surface area contributed by atoms with E-state index in [1.807, 2.05) is 5.38 Å². The van der Waals surface area contributed by atoms with Crippen molar-refractivity contribution >= 4 is 56.4 Å². The van der Waals surface area contributed by atoms with E-state index in [-0.39, 0.29) is 17.9 Å². The molecule has 0 fully saturated rings. The first-order chi connectivity index (χ1) is 12.9. The smallest absolute Gasteiger partial charge is 0.263 e.